The molecule has 0 aliphatic rings. The Labute approximate surface area is 63.2 Å². The van der Waals surface area contributed by atoms with Gasteiger partial charge in [0.1, 0.15) is 0 Å². The minimum absolute atomic E-state index is 0.0972. The summed E-state index contributed by atoms with van der Waals surface area (Å²) in [7, 11) is 0. The van der Waals surface area contributed by atoms with E-state index in [1.807, 2.05) is 0 Å². The average molecular weight is 170 g/mol. The van der Waals surface area contributed by atoms with Crippen molar-refractivity contribution in [3.8, 4) is 0 Å². The summed E-state index contributed by atoms with van der Waals surface area (Å²) in [6.07, 6.45) is 0. The lowest BCUT2D eigenvalue weighted by Crippen LogP contribution is -1.93. The summed E-state index contributed by atoms with van der Waals surface area (Å²) < 4.78 is 4.64. The highest BCUT2D eigenvalue weighted by atomic mass is 32.1. The number of ether oxygens (including phenoxy) is 1. The van der Waals surface area contributed by atoms with Gasteiger partial charge in [0.05, 0.1) is 0 Å². The Morgan fingerprint density at radius 2 is 1.43 bits per heavy atom. The van der Waals surface area contributed by atoms with E-state index in [4.69, 9.17) is 0 Å². The standard InChI is InChI=1S/C2H2OS4/c4-1(5)3-2(6)7/h(H,4,5)(H,6,7). The molecule has 0 saturated heterocycles. The van der Waals surface area contributed by atoms with Gasteiger partial charge in [0, 0.05) is 0 Å². The molecular formula is C2H2OS4. The molecule has 5 heteroatoms. The molecule has 0 spiro atoms. The van der Waals surface area contributed by atoms with E-state index >= 15 is 0 Å². The van der Waals surface area contributed by atoms with Crippen LogP contribution in [0, 0.1) is 0 Å². The second-order valence-electron chi connectivity index (χ2n) is 0.634. The summed E-state index contributed by atoms with van der Waals surface area (Å²) in [5, 5.41) is 0. The third kappa shape index (κ3) is 6.68. The molecule has 0 rings (SSSR count). The van der Waals surface area contributed by atoms with Crippen LogP contribution in [-0.4, -0.2) is 8.77 Å². The lowest BCUT2D eigenvalue weighted by atomic mass is 11.5. The van der Waals surface area contributed by atoms with Crippen LogP contribution >= 0.6 is 49.7 Å². The van der Waals surface area contributed by atoms with Gasteiger partial charge in [-0.05, 0) is 24.4 Å². The van der Waals surface area contributed by atoms with E-state index in [9.17, 15) is 0 Å². The zero-order valence-corrected chi connectivity index (χ0v) is 6.54. The van der Waals surface area contributed by atoms with Gasteiger partial charge in [-0.2, -0.15) is 0 Å². The summed E-state index contributed by atoms with van der Waals surface area (Å²) in [5.41, 5.74) is 0. The van der Waals surface area contributed by atoms with E-state index in [1.54, 1.807) is 0 Å². The maximum atomic E-state index is 4.44. The first kappa shape index (κ1) is 7.68. The van der Waals surface area contributed by atoms with Gasteiger partial charge in [0.2, 0.25) is 8.77 Å². The van der Waals surface area contributed by atoms with E-state index in [0.29, 0.717) is 0 Å². The molecule has 0 radical (unpaired) electrons. The second kappa shape index (κ2) is 3.65. The average Bonchev–Trinajstić information content (AvgIpc) is 1.27. The molecule has 0 aromatic rings. The molecule has 0 bridgehead atoms. The quantitative estimate of drug-likeness (QED) is 0.421. The number of thiol groups is 2. The van der Waals surface area contributed by atoms with Gasteiger partial charge in [0.25, 0.3) is 0 Å². The molecule has 0 saturated carbocycles. The number of thiocarbonyl (C=S) groups is 2. The maximum absolute atomic E-state index is 4.44. The Hall–Kier alpha value is 0.680. The zero-order chi connectivity index (χ0) is 5.86. The normalized spacial score (nSPS) is 7.71. The summed E-state index contributed by atoms with van der Waals surface area (Å²) in [6.45, 7) is 0. The van der Waals surface area contributed by atoms with Crippen LogP contribution < -0.4 is 0 Å². The number of rotatable bonds is 0. The van der Waals surface area contributed by atoms with Crippen molar-refractivity contribution in [3.63, 3.8) is 0 Å². The molecule has 0 aromatic carbocycles. The predicted molar refractivity (Wildman–Crippen MR) is 44.3 cm³/mol. The fourth-order valence-electron chi connectivity index (χ4n) is 0.0747. The monoisotopic (exact) mass is 170 g/mol. The van der Waals surface area contributed by atoms with E-state index in [0.717, 1.165) is 0 Å². The van der Waals surface area contributed by atoms with Crippen LogP contribution in [0.2, 0.25) is 0 Å². The van der Waals surface area contributed by atoms with Gasteiger partial charge in [-0.1, -0.05) is 25.3 Å². The molecule has 0 amide bonds. The highest BCUT2D eigenvalue weighted by Crippen LogP contribution is 1.92. The first-order valence-corrected chi connectivity index (χ1v) is 2.97. The van der Waals surface area contributed by atoms with E-state index in [1.165, 1.54) is 0 Å². The Kier molecular flexibility index (Phi) is 4.01. The van der Waals surface area contributed by atoms with Gasteiger partial charge in [-0.25, -0.2) is 0 Å². The summed E-state index contributed by atoms with van der Waals surface area (Å²) in [4.78, 5) is 0. The zero-order valence-electron chi connectivity index (χ0n) is 3.12. The van der Waals surface area contributed by atoms with Crippen LogP contribution in [0.15, 0.2) is 0 Å². The third-order valence-corrected chi connectivity index (χ3v) is 0.524. The van der Waals surface area contributed by atoms with Crippen LogP contribution in [0.25, 0.3) is 0 Å². The van der Waals surface area contributed by atoms with Crippen LogP contribution in [0.1, 0.15) is 0 Å². The maximum Gasteiger partial charge on any atom is 0.224 e. The molecule has 0 aromatic heterocycles. The lowest BCUT2D eigenvalue weighted by molar-refractivity contribution is 0.607. The number of hydrogen-bond acceptors (Lipinski definition) is 3. The van der Waals surface area contributed by atoms with Crippen molar-refractivity contribution < 1.29 is 4.74 Å². The molecule has 0 aliphatic heterocycles. The van der Waals surface area contributed by atoms with E-state index < -0.39 is 0 Å². The fraction of sp³-hybridized carbons (Fsp3) is 0. The van der Waals surface area contributed by atoms with Crippen LogP contribution in [0.4, 0.5) is 0 Å². The largest absolute Gasteiger partial charge is 0.423 e. The first-order valence-electron chi connectivity index (χ1n) is 1.26. The van der Waals surface area contributed by atoms with Crippen molar-refractivity contribution in [1.82, 2.24) is 0 Å². The smallest absolute Gasteiger partial charge is 0.224 e. The highest BCUT2D eigenvalue weighted by molar-refractivity contribution is 8.12. The van der Waals surface area contributed by atoms with Gasteiger partial charge in [-0.15, -0.1) is 0 Å². The minimum atomic E-state index is 0.0972. The first-order chi connectivity index (χ1) is 3.13. The van der Waals surface area contributed by atoms with Gasteiger partial charge in [-0.3, -0.25) is 0 Å². The molecule has 0 fully saturated rings. The Balaban J connectivity index is 3.32. The summed E-state index contributed by atoms with van der Waals surface area (Å²) in [5.74, 6) is 0. The van der Waals surface area contributed by atoms with Crippen LogP contribution in [0.5, 0.6) is 0 Å². The van der Waals surface area contributed by atoms with Crippen molar-refractivity contribution in [2.24, 2.45) is 0 Å². The summed E-state index contributed by atoms with van der Waals surface area (Å²) >= 11 is 16.0. The van der Waals surface area contributed by atoms with Crippen LogP contribution in [0.3, 0.4) is 0 Å². The van der Waals surface area contributed by atoms with Crippen LogP contribution in [-0.2, 0) is 4.74 Å². The Morgan fingerprint density at radius 1 is 1.14 bits per heavy atom. The molecule has 0 unspecified atom stereocenters. The molecule has 1 nitrogen and oxygen atoms in total. The molecule has 0 atom stereocenters. The SMILES string of the molecule is S=C(S)OC(=S)S. The van der Waals surface area contributed by atoms with Crippen molar-refractivity contribution in [2.45, 2.75) is 0 Å². The third-order valence-electron chi connectivity index (χ3n) is 0.175. The Bertz CT molecular complexity index is 85.9. The molecule has 0 N–H and O–H groups in total. The number of hydrogen-bond donors (Lipinski definition) is 2. The highest BCUT2D eigenvalue weighted by Gasteiger charge is 1.87. The van der Waals surface area contributed by atoms with Crippen molar-refractivity contribution in [1.29, 1.82) is 0 Å². The molecule has 0 aliphatic carbocycles. The molecule has 0 heterocycles. The van der Waals surface area contributed by atoms with Gasteiger partial charge >= 0.3 is 0 Å². The predicted octanol–water partition coefficient (Wildman–Crippen LogP) is 1.43. The second-order valence-corrected chi connectivity index (χ2v) is 2.79. The molecular weight excluding hydrogens is 168 g/mol. The van der Waals surface area contributed by atoms with E-state index in [-0.39, 0.29) is 8.77 Å². The lowest BCUT2D eigenvalue weighted by Gasteiger charge is -1.92. The van der Waals surface area contributed by atoms with Gasteiger partial charge < -0.3 is 4.74 Å². The Morgan fingerprint density at radius 3 is 1.43 bits per heavy atom. The van der Waals surface area contributed by atoms with Gasteiger partial charge in [0.15, 0.2) is 0 Å². The van der Waals surface area contributed by atoms with Crippen molar-refractivity contribution in [3.05, 3.63) is 0 Å². The molecule has 7 heavy (non-hydrogen) atoms. The van der Waals surface area contributed by atoms with E-state index in [2.05, 4.69) is 54.4 Å². The summed E-state index contributed by atoms with van der Waals surface area (Å²) in [6, 6.07) is 0. The van der Waals surface area contributed by atoms with Crippen molar-refractivity contribution >= 4 is 58.5 Å². The topological polar surface area (TPSA) is 9.23 Å². The minimum Gasteiger partial charge on any atom is -0.423 e. The fourth-order valence-corrected chi connectivity index (χ4v) is 0.672. The molecule has 40 valence electrons. The van der Waals surface area contributed by atoms with Crippen molar-refractivity contribution in [2.75, 3.05) is 0 Å².